The van der Waals surface area contributed by atoms with Gasteiger partial charge in [0.1, 0.15) is 0 Å². The van der Waals surface area contributed by atoms with Gasteiger partial charge in [0.05, 0.1) is 6.54 Å². The van der Waals surface area contributed by atoms with E-state index in [0.29, 0.717) is 30.6 Å². The SMILES string of the molecule is CCC(=O)Nc1cccc(NC(=O)CNc2cccc(CCC(=O)N(C)C)c2)c1. The van der Waals surface area contributed by atoms with E-state index < -0.39 is 0 Å². The second-order valence-corrected chi connectivity index (χ2v) is 6.87. The van der Waals surface area contributed by atoms with Crippen molar-refractivity contribution in [2.75, 3.05) is 36.6 Å². The van der Waals surface area contributed by atoms with E-state index in [-0.39, 0.29) is 24.3 Å². The van der Waals surface area contributed by atoms with Crippen LogP contribution in [-0.4, -0.2) is 43.3 Å². The lowest BCUT2D eigenvalue weighted by atomic mass is 10.1. The zero-order valence-corrected chi connectivity index (χ0v) is 17.1. The molecule has 0 atom stereocenters. The number of hydrogen-bond donors (Lipinski definition) is 3. The van der Waals surface area contributed by atoms with Gasteiger partial charge in [0.2, 0.25) is 17.7 Å². The van der Waals surface area contributed by atoms with Crippen molar-refractivity contribution in [1.82, 2.24) is 4.90 Å². The molecule has 0 aliphatic carbocycles. The molecule has 2 aromatic rings. The topological polar surface area (TPSA) is 90.5 Å². The number of anilines is 3. The molecular weight excluding hydrogens is 368 g/mol. The molecule has 0 radical (unpaired) electrons. The van der Waals surface area contributed by atoms with Gasteiger partial charge in [-0.15, -0.1) is 0 Å². The summed E-state index contributed by atoms with van der Waals surface area (Å²) in [6.45, 7) is 1.88. The molecule has 2 aromatic carbocycles. The van der Waals surface area contributed by atoms with E-state index in [1.165, 1.54) is 0 Å². The summed E-state index contributed by atoms with van der Waals surface area (Å²) in [5, 5.41) is 8.67. The Morgan fingerprint density at radius 1 is 0.862 bits per heavy atom. The smallest absolute Gasteiger partial charge is 0.243 e. The molecule has 3 N–H and O–H groups in total. The lowest BCUT2D eigenvalue weighted by molar-refractivity contribution is -0.128. The van der Waals surface area contributed by atoms with Crippen LogP contribution < -0.4 is 16.0 Å². The summed E-state index contributed by atoms with van der Waals surface area (Å²) in [7, 11) is 3.48. The van der Waals surface area contributed by atoms with Gasteiger partial charge in [-0.25, -0.2) is 0 Å². The van der Waals surface area contributed by atoms with Crippen molar-refractivity contribution < 1.29 is 14.4 Å². The molecule has 0 heterocycles. The quantitative estimate of drug-likeness (QED) is 0.607. The molecule has 0 bridgehead atoms. The Hall–Kier alpha value is -3.35. The van der Waals surface area contributed by atoms with Crippen molar-refractivity contribution in [3.05, 3.63) is 54.1 Å². The van der Waals surface area contributed by atoms with Crippen molar-refractivity contribution in [2.45, 2.75) is 26.2 Å². The van der Waals surface area contributed by atoms with Gasteiger partial charge in [0.25, 0.3) is 0 Å². The average Bonchev–Trinajstić information content (AvgIpc) is 2.71. The van der Waals surface area contributed by atoms with Crippen LogP contribution in [0.25, 0.3) is 0 Å². The highest BCUT2D eigenvalue weighted by Crippen LogP contribution is 2.16. The van der Waals surface area contributed by atoms with Crippen molar-refractivity contribution in [3.63, 3.8) is 0 Å². The van der Waals surface area contributed by atoms with E-state index in [9.17, 15) is 14.4 Å². The molecule has 0 aromatic heterocycles. The number of carbonyl (C=O) groups excluding carboxylic acids is 3. The average molecular weight is 396 g/mol. The highest BCUT2D eigenvalue weighted by Gasteiger charge is 2.07. The number of nitrogens with zero attached hydrogens (tertiary/aromatic N) is 1. The molecule has 0 aliphatic rings. The Balaban J connectivity index is 1.86. The zero-order valence-electron chi connectivity index (χ0n) is 17.1. The van der Waals surface area contributed by atoms with E-state index in [2.05, 4.69) is 16.0 Å². The van der Waals surface area contributed by atoms with Crippen molar-refractivity contribution in [2.24, 2.45) is 0 Å². The minimum absolute atomic E-state index is 0.0812. The van der Waals surface area contributed by atoms with Crippen LogP contribution in [0.4, 0.5) is 17.1 Å². The van der Waals surface area contributed by atoms with Gasteiger partial charge in [0, 0.05) is 44.0 Å². The fourth-order valence-electron chi connectivity index (χ4n) is 2.62. The fourth-order valence-corrected chi connectivity index (χ4v) is 2.62. The number of aryl methyl sites for hydroxylation is 1. The zero-order chi connectivity index (χ0) is 21.2. The second-order valence-electron chi connectivity index (χ2n) is 6.87. The monoisotopic (exact) mass is 396 g/mol. The van der Waals surface area contributed by atoms with E-state index >= 15 is 0 Å². The first-order valence-corrected chi connectivity index (χ1v) is 9.60. The summed E-state index contributed by atoms with van der Waals surface area (Å²) in [6, 6.07) is 14.7. The number of hydrogen-bond acceptors (Lipinski definition) is 4. The van der Waals surface area contributed by atoms with Gasteiger partial charge >= 0.3 is 0 Å². The van der Waals surface area contributed by atoms with Crippen LogP contribution in [0, 0.1) is 0 Å². The third-order valence-corrected chi connectivity index (χ3v) is 4.26. The first-order chi connectivity index (χ1) is 13.9. The highest BCUT2D eigenvalue weighted by atomic mass is 16.2. The van der Waals surface area contributed by atoms with Crippen molar-refractivity contribution in [3.8, 4) is 0 Å². The number of carbonyl (C=O) groups is 3. The maximum absolute atomic E-state index is 12.2. The van der Waals surface area contributed by atoms with E-state index in [1.54, 1.807) is 50.2 Å². The normalized spacial score (nSPS) is 10.2. The van der Waals surface area contributed by atoms with Gasteiger partial charge < -0.3 is 20.9 Å². The van der Waals surface area contributed by atoms with Gasteiger partial charge in [-0.3, -0.25) is 14.4 Å². The first-order valence-electron chi connectivity index (χ1n) is 9.60. The number of benzene rings is 2. The predicted octanol–water partition coefficient (Wildman–Crippen LogP) is 3.11. The Morgan fingerprint density at radius 3 is 2.14 bits per heavy atom. The molecule has 0 fully saturated rings. The molecule has 154 valence electrons. The fraction of sp³-hybridized carbons (Fsp3) is 0.318. The summed E-state index contributed by atoms with van der Waals surface area (Å²) in [4.78, 5) is 37.0. The minimum Gasteiger partial charge on any atom is -0.376 e. The summed E-state index contributed by atoms with van der Waals surface area (Å²) < 4.78 is 0. The molecule has 29 heavy (non-hydrogen) atoms. The summed E-state index contributed by atoms with van der Waals surface area (Å²) in [5.41, 5.74) is 3.10. The molecule has 0 spiro atoms. The molecule has 3 amide bonds. The van der Waals surface area contributed by atoms with Gasteiger partial charge in [-0.1, -0.05) is 25.1 Å². The van der Waals surface area contributed by atoms with Gasteiger partial charge in [0.15, 0.2) is 0 Å². The van der Waals surface area contributed by atoms with Crippen LogP contribution in [0.15, 0.2) is 48.5 Å². The molecule has 0 aliphatic heterocycles. The Kier molecular flexibility index (Phi) is 8.21. The Bertz CT molecular complexity index is 865. The summed E-state index contributed by atoms with van der Waals surface area (Å²) in [6.07, 6.45) is 1.49. The number of rotatable bonds is 9. The predicted molar refractivity (Wildman–Crippen MR) is 116 cm³/mol. The maximum atomic E-state index is 12.2. The highest BCUT2D eigenvalue weighted by molar-refractivity contribution is 5.95. The van der Waals surface area contributed by atoms with Crippen LogP contribution in [0.2, 0.25) is 0 Å². The molecule has 7 nitrogen and oxygen atoms in total. The lowest BCUT2D eigenvalue weighted by Crippen LogP contribution is -2.22. The van der Waals surface area contributed by atoms with Crippen molar-refractivity contribution >= 4 is 34.8 Å². The van der Waals surface area contributed by atoms with E-state index in [4.69, 9.17) is 0 Å². The number of nitrogens with one attached hydrogen (secondary N) is 3. The van der Waals surface area contributed by atoms with E-state index in [0.717, 1.165) is 11.3 Å². The third kappa shape index (κ3) is 7.65. The Labute approximate surface area is 171 Å². The van der Waals surface area contributed by atoms with Crippen LogP contribution >= 0.6 is 0 Å². The van der Waals surface area contributed by atoms with Crippen LogP contribution in [0.5, 0.6) is 0 Å². The molecule has 0 saturated carbocycles. The molecule has 2 rings (SSSR count). The molecule has 7 heteroatoms. The maximum Gasteiger partial charge on any atom is 0.243 e. The summed E-state index contributed by atoms with van der Waals surface area (Å²) in [5.74, 6) is -0.195. The first kappa shape index (κ1) is 21.9. The molecule has 0 unspecified atom stereocenters. The third-order valence-electron chi connectivity index (χ3n) is 4.26. The summed E-state index contributed by atoms with van der Waals surface area (Å²) >= 11 is 0. The van der Waals surface area contributed by atoms with Crippen molar-refractivity contribution in [1.29, 1.82) is 0 Å². The largest absolute Gasteiger partial charge is 0.376 e. The minimum atomic E-state index is -0.197. The second kappa shape index (κ2) is 10.8. The van der Waals surface area contributed by atoms with Crippen LogP contribution in [0.1, 0.15) is 25.3 Å². The van der Waals surface area contributed by atoms with Crippen LogP contribution in [0.3, 0.4) is 0 Å². The van der Waals surface area contributed by atoms with Crippen LogP contribution in [-0.2, 0) is 20.8 Å². The van der Waals surface area contributed by atoms with Gasteiger partial charge in [-0.05, 0) is 42.3 Å². The van der Waals surface area contributed by atoms with Gasteiger partial charge in [-0.2, -0.15) is 0 Å². The lowest BCUT2D eigenvalue weighted by Gasteiger charge is -2.12. The molecule has 0 saturated heterocycles. The Morgan fingerprint density at radius 2 is 1.48 bits per heavy atom. The number of amides is 3. The molecular formula is C22H28N4O3. The standard InChI is InChI=1S/C22H28N4O3/c1-4-20(27)24-18-9-6-10-19(14-18)25-21(28)15-23-17-8-5-7-16(13-17)11-12-22(29)26(2)3/h5-10,13-14,23H,4,11-12,15H2,1-3H3,(H,24,27)(H,25,28). The van der Waals surface area contributed by atoms with E-state index in [1.807, 2.05) is 24.3 Å².